The molecule has 30 heavy (non-hydrogen) atoms. The molecule has 1 heterocycles. The third-order valence-electron chi connectivity index (χ3n) is 5.17. The molecule has 0 spiro atoms. The van der Waals surface area contributed by atoms with E-state index in [1.165, 1.54) is 4.68 Å². The van der Waals surface area contributed by atoms with E-state index in [-0.39, 0.29) is 31.3 Å². The summed E-state index contributed by atoms with van der Waals surface area (Å²) in [5.41, 5.74) is 2.80. The quantitative estimate of drug-likeness (QED) is 0.605. The average Bonchev–Trinajstić information content (AvgIpc) is 3.48. The first-order valence-corrected chi connectivity index (χ1v) is 9.96. The number of alkyl halides is 3. The zero-order valence-corrected chi connectivity index (χ0v) is 16.3. The molecule has 0 atom stereocenters. The minimum atomic E-state index is -4.45. The van der Waals surface area contributed by atoms with Crippen LogP contribution in [-0.4, -0.2) is 22.2 Å². The summed E-state index contributed by atoms with van der Waals surface area (Å²) in [7, 11) is 0. The van der Waals surface area contributed by atoms with Crippen LogP contribution in [0.15, 0.2) is 60.7 Å². The molecule has 1 N–H and O–H groups in total. The molecule has 4 nitrogen and oxygen atoms in total. The number of nitrogens with one attached hydrogen (secondary N) is 1. The van der Waals surface area contributed by atoms with Crippen LogP contribution in [0.1, 0.15) is 35.7 Å². The Morgan fingerprint density at radius 3 is 2.33 bits per heavy atom. The molecule has 1 aliphatic rings. The summed E-state index contributed by atoms with van der Waals surface area (Å²) >= 11 is 0. The van der Waals surface area contributed by atoms with Crippen LogP contribution in [0.4, 0.5) is 13.2 Å². The van der Waals surface area contributed by atoms with Gasteiger partial charge in [-0.05, 0) is 35.6 Å². The summed E-state index contributed by atoms with van der Waals surface area (Å²) in [6, 6.07) is 18.9. The molecule has 1 aromatic heterocycles. The van der Waals surface area contributed by atoms with Crippen LogP contribution in [0.25, 0.3) is 11.1 Å². The molecule has 2 aromatic carbocycles. The first kappa shape index (κ1) is 20.2. The van der Waals surface area contributed by atoms with Crippen LogP contribution >= 0.6 is 0 Å². The molecule has 156 valence electrons. The fourth-order valence-corrected chi connectivity index (χ4v) is 3.45. The number of hydrogen-bond donors (Lipinski definition) is 1. The van der Waals surface area contributed by atoms with E-state index in [0.717, 1.165) is 35.6 Å². The predicted molar refractivity (Wildman–Crippen MR) is 108 cm³/mol. The molecule has 7 heteroatoms. The SMILES string of the molecule is O=C(Cc1ccc(-c2ccccc2)cc1)NCCn1nc(C(F)(F)F)cc1C1CC1. The third kappa shape index (κ3) is 4.90. The highest BCUT2D eigenvalue weighted by atomic mass is 19.4. The van der Waals surface area contributed by atoms with E-state index in [0.29, 0.717) is 5.69 Å². The molecule has 1 amide bonds. The van der Waals surface area contributed by atoms with E-state index in [2.05, 4.69) is 10.4 Å². The number of halogens is 3. The Morgan fingerprint density at radius 2 is 1.70 bits per heavy atom. The zero-order valence-electron chi connectivity index (χ0n) is 16.3. The molecule has 4 rings (SSSR count). The third-order valence-corrected chi connectivity index (χ3v) is 5.17. The van der Waals surface area contributed by atoms with Crippen molar-refractivity contribution in [3.8, 4) is 11.1 Å². The van der Waals surface area contributed by atoms with Crippen molar-refractivity contribution in [3.63, 3.8) is 0 Å². The van der Waals surface area contributed by atoms with Crippen molar-refractivity contribution in [1.82, 2.24) is 15.1 Å². The summed E-state index contributed by atoms with van der Waals surface area (Å²) in [5.74, 6) is -0.0222. The van der Waals surface area contributed by atoms with E-state index in [1.807, 2.05) is 54.6 Å². The number of carbonyl (C=O) groups excluding carboxylic acids is 1. The molecule has 0 aliphatic heterocycles. The van der Waals surface area contributed by atoms with Gasteiger partial charge in [-0.2, -0.15) is 18.3 Å². The lowest BCUT2D eigenvalue weighted by atomic mass is 10.0. The number of nitrogens with zero attached hydrogens (tertiary/aromatic N) is 2. The largest absolute Gasteiger partial charge is 0.435 e. The summed E-state index contributed by atoms with van der Waals surface area (Å²) in [4.78, 5) is 12.2. The van der Waals surface area contributed by atoms with Crippen molar-refractivity contribution < 1.29 is 18.0 Å². The Morgan fingerprint density at radius 1 is 1.03 bits per heavy atom. The summed E-state index contributed by atoms with van der Waals surface area (Å²) in [6.45, 7) is 0.459. The molecule has 1 aliphatic carbocycles. The Balaban J connectivity index is 1.31. The van der Waals surface area contributed by atoms with Gasteiger partial charge in [0.1, 0.15) is 0 Å². The van der Waals surface area contributed by atoms with Gasteiger partial charge >= 0.3 is 6.18 Å². The topological polar surface area (TPSA) is 46.9 Å². The Kier molecular flexibility index (Phi) is 5.61. The second-order valence-electron chi connectivity index (χ2n) is 7.54. The molecule has 0 unspecified atom stereocenters. The van der Waals surface area contributed by atoms with Gasteiger partial charge in [0.2, 0.25) is 5.91 Å². The smallest absolute Gasteiger partial charge is 0.354 e. The van der Waals surface area contributed by atoms with E-state index in [1.54, 1.807) is 0 Å². The van der Waals surface area contributed by atoms with Crippen LogP contribution in [0.3, 0.4) is 0 Å². The first-order chi connectivity index (χ1) is 14.4. The van der Waals surface area contributed by atoms with Gasteiger partial charge < -0.3 is 5.32 Å². The highest BCUT2D eigenvalue weighted by molar-refractivity contribution is 5.78. The summed E-state index contributed by atoms with van der Waals surface area (Å²) < 4.78 is 40.2. The average molecular weight is 413 g/mol. The summed E-state index contributed by atoms with van der Waals surface area (Å²) in [6.07, 6.45) is -2.47. The fourth-order valence-electron chi connectivity index (χ4n) is 3.45. The number of amides is 1. The lowest BCUT2D eigenvalue weighted by Gasteiger charge is -2.09. The maximum atomic E-state index is 12.9. The van der Waals surface area contributed by atoms with Gasteiger partial charge in [-0.3, -0.25) is 9.48 Å². The highest BCUT2D eigenvalue weighted by Crippen LogP contribution is 2.42. The maximum absolute atomic E-state index is 12.9. The lowest BCUT2D eigenvalue weighted by Crippen LogP contribution is -2.29. The van der Waals surface area contributed by atoms with Crippen molar-refractivity contribution in [1.29, 1.82) is 0 Å². The van der Waals surface area contributed by atoms with E-state index < -0.39 is 11.9 Å². The molecule has 1 saturated carbocycles. The minimum absolute atomic E-state index is 0.146. The van der Waals surface area contributed by atoms with Crippen LogP contribution in [0.2, 0.25) is 0 Å². The Hall–Kier alpha value is -3.09. The zero-order chi connectivity index (χ0) is 21.1. The van der Waals surface area contributed by atoms with E-state index >= 15 is 0 Å². The van der Waals surface area contributed by atoms with Crippen molar-refractivity contribution >= 4 is 5.91 Å². The standard InChI is InChI=1S/C23H22F3N3O/c24-23(25,26)21-15-20(19-10-11-19)29(28-21)13-12-27-22(30)14-16-6-8-18(9-7-16)17-4-2-1-3-5-17/h1-9,15,19H,10-14H2,(H,27,30). The van der Waals surface area contributed by atoms with Gasteiger partial charge in [-0.1, -0.05) is 54.6 Å². The van der Waals surface area contributed by atoms with Gasteiger partial charge in [0.15, 0.2) is 5.69 Å². The monoisotopic (exact) mass is 413 g/mol. The van der Waals surface area contributed by atoms with Crippen LogP contribution in [0, 0.1) is 0 Å². The summed E-state index contributed by atoms with van der Waals surface area (Å²) in [5, 5.41) is 6.48. The van der Waals surface area contributed by atoms with Gasteiger partial charge in [-0.15, -0.1) is 0 Å². The van der Waals surface area contributed by atoms with E-state index in [4.69, 9.17) is 0 Å². The Labute approximate surface area is 172 Å². The normalized spacial score (nSPS) is 14.0. The van der Waals surface area contributed by atoms with Crippen LogP contribution in [0.5, 0.6) is 0 Å². The van der Waals surface area contributed by atoms with Crippen molar-refractivity contribution in [2.45, 2.75) is 37.9 Å². The molecule has 0 bridgehead atoms. The maximum Gasteiger partial charge on any atom is 0.435 e. The van der Waals surface area contributed by atoms with Gasteiger partial charge in [0.25, 0.3) is 0 Å². The van der Waals surface area contributed by atoms with Crippen LogP contribution < -0.4 is 5.32 Å². The van der Waals surface area contributed by atoms with Gasteiger partial charge in [-0.25, -0.2) is 0 Å². The van der Waals surface area contributed by atoms with E-state index in [9.17, 15) is 18.0 Å². The molecule has 0 radical (unpaired) electrons. The van der Waals surface area contributed by atoms with Crippen molar-refractivity contribution in [3.05, 3.63) is 77.6 Å². The lowest BCUT2D eigenvalue weighted by molar-refractivity contribution is -0.141. The number of rotatable bonds is 7. The molecule has 1 fully saturated rings. The van der Waals surface area contributed by atoms with Crippen molar-refractivity contribution in [2.24, 2.45) is 0 Å². The van der Waals surface area contributed by atoms with Crippen LogP contribution in [-0.2, 0) is 23.9 Å². The molecular formula is C23H22F3N3O. The number of aromatic nitrogens is 2. The minimum Gasteiger partial charge on any atom is -0.354 e. The number of benzene rings is 2. The number of hydrogen-bond acceptors (Lipinski definition) is 2. The second-order valence-corrected chi connectivity index (χ2v) is 7.54. The van der Waals surface area contributed by atoms with Crippen molar-refractivity contribution in [2.75, 3.05) is 6.54 Å². The molecule has 0 saturated heterocycles. The fraction of sp³-hybridized carbons (Fsp3) is 0.304. The molecular weight excluding hydrogens is 391 g/mol. The van der Waals surface area contributed by atoms with Gasteiger partial charge in [0.05, 0.1) is 13.0 Å². The first-order valence-electron chi connectivity index (χ1n) is 9.96. The Bertz CT molecular complexity index is 1010. The highest BCUT2D eigenvalue weighted by Gasteiger charge is 2.37. The number of carbonyl (C=O) groups is 1. The molecule has 3 aromatic rings. The predicted octanol–water partition coefficient (Wildman–Crippen LogP) is 4.81. The van der Waals surface area contributed by atoms with Gasteiger partial charge in [0, 0.05) is 18.2 Å². The second kappa shape index (κ2) is 8.34.